The number of hydrogen-bond donors (Lipinski definition) is 1. The second-order valence-electron chi connectivity index (χ2n) is 3.12. The fourth-order valence-corrected chi connectivity index (χ4v) is 2.52. The first-order chi connectivity index (χ1) is 5.38. The van der Waals surface area contributed by atoms with Gasteiger partial charge in [0.05, 0.1) is 9.90 Å². The Bertz CT molecular complexity index is 238. The Kier molecular flexibility index (Phi) is 2.16. The highest BCUT2D eigenvalue weighted by Gasteiger charge is 2.19. The van der Waals surface area contributed by atoms with Crippen molar-refractivity contribution in [3.05, 3.63) is 15.5 Å². The van der Waals surface area contributed by atoms with Crippen LogP contribution >= 0.6 is 22.6 Å². The number of nitrogens with one attached hydrogen (secondary N) is 1. The Morgan fingerprint density at radius 2 is 2.18 bits per heavy atom. The summed E-state index contributed by atoms with van der Waals surface area (Å²) in [7, 11) is 0. The Balaban J connectivity index is 2.21. The van der Waals surface area contributed by atoms with E-state index in [0.717, 1.165) is 5.92 Å². The van der Waals surface area contributed by atoms with Crippen molar-refractivity contribution in [1.82, 2.24) is 10.2 Å². The van der Waals surface area contributed by atoms with Crippen LogP contribution in [0, 0.1) is 3.70 Å². The van der Waals surface area contributed by atoms with Gasteiger partial charge in [-0.25, -0.2) is 0 Å². The fourth-order valence-electron chi connectivity index (χ4n) is 1.80. The largest absolute Gasteiger partial charge is 0.272 e. The number of hydrogen-bond acceptors (Lipinski definition) is 1. The van der Waals surface area contributed by atoms with Gasteiger partial charge in [0.1, 0.15) is 0 Å². The van der Waals surface area contributed by atoms with Crippen LogP contribution in [0.1, 0.15) is 37.2 Å². The van der Waals surface area contributed by atoms with Crippen molar-refractivity contribution >= 4 is 22.6 Å². The van der Waals surface area contributed by atoms with Crippen LogP contribution in [0.2, 0.25) is 0 Å². The van der Waals surface area contributed by atoms with E-state index < -0.39 is 0 Å². The molecule has 2 rings (SSSR count). The molecular weight excluding hydrogens is 251 g/mol. The molecule has 1 aliphatic carbocycles. The Morgan fingerprint density at radius 1 is 1.45 bits per heavy atom. The third-order valence-electron chi connectivity index (χ3n) is 2.41. The summed E-state index contributed by atoms with van der Waals surface area (Å²) in [4.78, 5) is 0. The lowest BCUT2D eigenvalue weighted by Gasteiger charge is -2.04. The summed E-state index contributed by atoms with van der Waals surface area (Å²) in [6, 6.07) is 0. The van der Waals surface area contributed by atoms with E-state index in [1.54, 1.807) is 0 Å². The van der Waals surface area contributed by atoms with Crippen LogP contribution in [0.3, 0.4) is 0 Å². The molecule has 0 atom stereocenters. The lowest BCUT2D eigenvalue weighted by molar-refractivity contribution is 0.720. The highest BCUT2D eigenvalue weighted by Crippen LogP contribution is 2.35. The van der Waals surface area contributed by atoms with E-state index in [2.05, 4.69) is 32.8 Å². The number of rotatable bonds is 1. The van der Waals surface area contributed by atoms with Gasteiger partial charge in [-0.2, -0.15) is 5.10 Å². The molecule has 0 spiro atoms. The standard InChI is InChI=1S/C8H11IN2/c9-8-7(5-10-11-8)6-3-1-2-4-6/h5-6H,1-4H2,(H,10,11). The molecule has 1 aromatic rings. The molecule has 1 saturated carbocycles. The van der Waals surface area contributed by atoms with Crippen LogP contribution in [0.5, 0.6) is 0 Å². The van der Waals surface area contributed by atoms with Crippen molar-refractivity contribution in [2.24, 2.45) is 0 Å². The quantitative estimate of drug-likeness (QED) is 0.774. The van der Waals surface area contributed by atoms with Gasteiger partial charge >= 0.3 is 0 Å². The number of halogens is 1. The zero-order chi connectivity index (χ0) is 7.68. The molecule has 0 bridgehead atoms. The smallest absolute Gasteiger partial charge is 0.0992 e. The van der Waals surface area contributed by atoms with Crippen LogP contribution in [0.15, 0.2) is 6.20 Å². The third kappa shape index (κ3) is 1.43. The molecule has 1 aliphatic rings. The van der Waals surface area contributed by atoms with Crippen molar-refractivity contribution in [2.75, 3.05) is 0 Å². The van der Waals surface area contributed by atoms with Crippen LogP contribution < -0.4 is 0 Å². The van der Waals surface area contributed by atoms with Crippen molar-refractivity contribution in [2.45, 2.75) is 31.6 Å². The second kappa shape index (κ2) is 3.13. The minimum atomic E-state index is 0.792. The molecule has 1 fully saturated rings. The molecule has 3 heteroatoms. The average Bonchev–Trinajstić information content (AvgIpc) is 2.55. The fraction of sp³-hybridized carbons (Fsp3) is 0.625. The monoisotopic (exact) mass is 262 g/mol. The molecule has 2 nitrogen and oxygen atoms in total. The molecule has 60 valence electrons. The molecule has 0 amide bonds. The van der Waals surface area contributed by atoms with E-state index in [0.29, 0.717) is 0 Å². The summed E-state index contributed by atoms with van der Waals surface area (Å²) in [5.74, 6) is 0.792. The Hall–Kier alpha value is -0.0600. The first kappa shape index (κ1) is 7.58. The summed E-state index contributed by atoms with van der Waals surface area (Å²) < 4.78 is 1.23. The summed E-state index contributed by atoms with van der Waals surface area (Å²) in [6.07, 6.45) is 7.49. The molecule has 0 radical (unpaired) electrons. The maximum atomic E-state index is 4.03. The van der Waals surface area contributed by atoms with Gasteiger partial charge < -0.3 is 0 Å². The van der Waals surface area contributed by atoms with Gasteiger partial charge in [0.25, 0.3) is 0 Å². The van der Waals surface area contributed by atoms with Crippen molar-refractivity contribution < 1.29 is 0 Å². The molecule has 0 saturated heterocycles. The Labute approximate surface area is 79.9 Å². The predicted molar refractivity (Wildman–Crippen MR) is 52.5 cm³/mol. The summed E-state index contributed by atoms with van der Waals surface area (Å²) >= 11 is 2.33. The predicted octanol–water partition coefficient (Wildman–Crippen LogP) is 2.67. The molecule has 0 aliphatic heterocycles. The number of H-pyrrole nitrogens is 1. The first-order valence-corrected chi connectivity index (χ1v) is 5.14. The van der Waals surface area contributed by atoms with E-state index in [9.17, 15) is 0 Å². The van der Waals surface area contributed by atoms with Gasteiger partial charge in [-0.1, -0.05) is 12.8 Å². The van der Waals surface area contributed by atoms with Gasteiger partial charge in [0, 0.05) is 5.56 Å². The Morgan fingerprint density at radius 3 is 2.73 bits per heavy atom. The maximum absolute atomic E-state index is 4.03. The second-order valence-corrected chi connectivity index (χ2v) is 4.20. The van der Waals surface area contributed by atoms with Gasteiger partial charge in [-0.15, -0.1) is 0 Å². The van der Waals surface area contributed by atoms with E-state index in [1.165, 1.54) is 34.9 Å². The minimum absolute atomic E-state index is 0.792. The number of aromatic amines is 1. The molecule has 1 aromatic heterocycles. The van der Waals surface area contributed by atoms with Crippen molar-refractivity contribution in [1.29, 1.82) is 0 Å². The van der Waals surface area contributed by atoms with Gasteiger partial charge in [-0.05, 0) is 41.4 Å². The van der Waals surface area contributed by atoms with Crippen LogP contribution in [0.4, 0.5) is 0 Å². The normalized spacial score (nSPS) is 19.4. The summed E-state index contributed by atoms with van der Waals surface area (Å²) in [6.45, 7) is 0. The van der Waals surface area contributed by atoms with Crippen molar-refractivity contribution in [3.63, 3.8) is 0 Å². The molecule has 11 heavy (non-hydrogen) atoms. The van der Waals surface area contributed by atoms with Gasteiger partial charge in [-0.3, -0.25) is 5.10 Å². The first-order valence-electron chi connectivity index (χ1n) is 4.06. The molecule has 1 heterocycles. The van der Waals surface area contributed by atoms with Crippen LogP contribution in [0.25, 0.3) is 0 Å². The van der Waals surface area contributed by atoms with Crippen LogP contribution in [-0.4, -0.2) is 10.2 Å². The SMILES string of the molecule is Ic1[nH]ncc1C1CCCC1. The molecule has 1 N–H and O–H groups in total. The number of aromatic nitrogens is 2. The third-order valence-corrected chi connectivity index (χ3v) is 3.28. The zero-order valence-corrected chi connectivity index (χ0v) is 8.47. The van der Waals surface area contributed by atoms with E-state index >= 15 is 0 Å². The molecule has 0 aromatic carbocycles. The average molecular weight is 262 g/mol. The molecular formula is C8H11IN2. The maximum Gasteiger partial charge on any atom is 0.0992 e. The van der Waals surface area contributed by atoms with E-state index in [4.69, 9.17) is 0 Å². The van der Waals surface area contributed by atoms with Crippen molar-refractivity contribution in [3.8, 4) is 0 Å². The summed E-state index contributed by atoms with van der Waals surface area (Å²) in [5, 5.41) is 7.02. The lowest BCUT2D eigenvalue weighted by atomic mass is 10.0. The zero-order valence-electron chi connectivity index (χ0n) is 6.31. The van der Waals surface area contributed by atoms with E-state index in [-0.39, 0.29) is 0 Å². The highest BCUT2D eigenvalue weighted by molar-refractivity contribution is 14.1. The topological polar surface area (TPSA) is 28.7 Å². The highest BCUT2D eigenvalue weighted by atomic mass is 127. The van der Waals surface area contributed by atoms with Gasteiger partial charge in [0.15, 0.2) is 0 Å². The van der Waals surface area contributed by atoms with Crippen LogP contribution in [-0.2, 0) is 0 Å². The summed E-state index contributed by atoms with van der Waals surface area (Å²) in [5.41, 5.74) is 1.43. The van der Waals surface area contributed by atoms with E-state index in [1.807, 2.05) is 6.20 Å². The minimum Gasteiger partial charge on any atom is -0.272 e. The number of nitrogens with zero attached hydrogens (tertiary/aromatic N) is 1. The lowest BCUT2D eigenvalue weighted by Crippen LogP contribution is -1.91. The van der Waals surface area contributed by atoms with Gasteiger partial charge in [0.2, 0.25) is 0 Å². The molecule has 0 unspecified atom stereocenters.